The Labute approximate surface area is 75.6 Å². The van der Waals surface area contributed by atoms with E-state index < -0.39 is 0 Å². The molecule has 72 valence electrons. The zero-order valence-electron chi connectivity index (χ0n) is 8.13. The monoisotopic (exact) mass is 171 g/mol. The van der Waals surface area contributed by atoms with Crippen molar-refractivity contribution in [2.45, 2.75) is 32.6 Å². The highest BCUT2D eigenvalue weighted by Crippen LogP contribution is 2.29. The van der Waals surface area contributed by atoms with Crippen molar-refractivity contribution >= 4 is 0 Å². The second-order valence-electron chi connectivity index (χ2n) is 3.77. The van der Waals surface area contributed by atoms with Crippen molar-refractivity contribution in [2.75, 3.05) is 26.2 Å². The van der Waals surface area contributed by atoms with Crippen LogP contribution in [-0.2, 0) is 0 Å². The van der Waals surface area contributed by atoms with E-state index in [1.54, 1.807) is 0 Å². The number of aliphatic hydroxyl groups is 1. The smallest absolute Gasteiger partial charge is 0.0431 e. The van der Waals surface area contributed by atoms with Crippen molar-refractivity contribution in [3.8, 4) is 0 Å². The Morgan fingerprint density at radius 2 is 2.08 bits per heavy atom. The largest absolute Gasteiger partial charge is 0.396 e. The third kappa shape index (κ3) is 4.07. The zero-order valence-corrected chi connectivity index (χ0v) is 8.13. The number of nitrogens with zero attached hydrogens (tertiary/aromatic N) is 1. The first-order valence-corrected chi connectivity index (χ1v) is 5.20. The predicted octanol–water partition coefficient (Wildman–Crippen LogP) is 1.49. The van der Waals surface area contributed by atoms with Gasteiger partial charge in [-0.15, -0.1) is 0 Å². The number of aliphatic hydroxyl groups excluding tert-OH is 1. The SMILES string of the molecule is CCN(CCCCO)CC1CC1. The molecule has 0 atom stereocenters. The standard InChI is InChI=1S/C10H21NO/c1-2-11(7-3-4-8-12)9-10-5-6-10/h10,12H,2-9H2,1H3. The van der Waals surface area contributed by atoms with E-state index in [0.717, 1.165) is 18.8 Å². The Balaban J connectivity index is 1.98. The van der Waals surface area contributed by atoms with E-state index in [-0.39, 0.29) is 0 Å². The van der Waals surface area contributed by atoms with E-state index in [1.165, 1.54) is 32.5 Å². The molecule has 0 aliphatic heterocycles. The minimum absolute atomic E-state index is 0.348. The zero-order chi connectivity index (χ0) is 8.81. The number of hydrogen-bond donors (Lipinski definition) is 1. The summed E-state index contributed by atoms with van der Waals surface area (Å²) in [6.45, 7) is 6.21. The molecule has 1 rings (SSSR count). The average molecular weight is 171 g/mol. The molecule has 0 bridgehead atoms. The number of hydrogen-bond acceptors (Lipinski definition) is 2. The summed E-state index contributed by atoms with van der Waals surface area (Å²) >= 11 is 0. The van der Waals surface area contributed by atoms with Crippen LogP contribution in [0, 0.1) is 5.92 Å². The lowest BCUT2D eigenvalue weighted by Gasteiger charge is -2.19. The Morgan fingerprint density at radius 1 is 1.33 bits per heavy atom. The number of unbranched alkanes of at least 4 members (excludes halogenated alkanes) is 1. The fourth-order valence-corrected chi connectivity index (χ4v) is 1.49. The summed E-state index contributed by atoms with van der Waals surface area (Å²) in [6.07, 6.45) is 4.99. The third-order valence-corrected chi connectivity index (χ3v) is 2.54. The molecule has 0 aromatic heterocycles. The molecule has 0 radical (unpaired) electrons. The molecule has 0 heterocycles. The quantitative estimate of drug-likeness (QED) is 0.587. The van der Waals surface area contributed by atoms with Gasteiger partial charge in [-0.25, -0.2) is 0 Å². The summed E-state index contributed by atoms with van der Waals surface area (Å²) in [5.41, 5.74) is 0. The lowest BCUT2D eigenvalue weighted by Crippen LogP contribution is -2.26. The Hall–Kier alpha value is -0.0800. The second-order valence-corrected chi connectivity index (χ2v) is 3.77. The fraction of sp³-hybridized carbons (Fsp3) is 1.00. The van der Waals surface area contributed by atoms with Gasteiger partial charge in [0.15, 0.2) is 0 Å². The van der Waals surface area contributed by atoms with Gasteiger partial charge < -0.3 is 10.0 Å². The van der Waals surface area contributed by atoms with Gasteiger partial charge in [0.2, 0.25) is 0 Å². The Bertz CT molecular complexity index is 112. The van der Waals surface area contributed by atoms with Gasteiger partial charge in [0, 0.05) is 13.2 Å². The molecule has 1 N–H and O–H groups in total. The van der Waals surface area contributed by atoms with Crippen LogP contribution in [0.15, 0.2) is 0 Å². The molecule has 0 aromatic rings. The van der Waals surface area contributed by atoms with Crippen molar-refractivity contribution in [1.29, 1.82) is 0 Å². The molecule has 1 aliphatic rings. The van der Waals surface area contributed by atoms with Crippen molar-refractivity contribution in [1.82, 2.24) is 4.90 Å². The van der Waals surface area contributed by atoms with Crippen molar-refractivity contribution in [3.05, 3.63) is 0 Å². The van der Waals surface area contributed by atoms with E-state index in [0.29, 0.717) is 6.61 Å². The molecule has 2 heteroatoms. The van der Waals surface area contributed by atoms with E-state index >= 15 is 0 Å². The Morgan fingerprint density at radius 3 is 2.58 bits per heavy atom. The second kappa shape index (κ2) is 5.55. The molecule has 0 aromatic carbocycles. The summed E-state index contributed by atoms with van der Waals surface area (Å²) in [5, 5.41) is 8.63. The van der Waals surface area contributed by atoms with Gasteiger partial charge in [-0.2, -0.15) is 0 Å². The van der Waals surface area contributed by atoms with E-state index in [4.69, 9.17) is 5.11 Å². The molecule has 12 heavy (non-hydrogen) atoms. The van der Waals surface area contributed by atoms with Crippen molar-refractivity contribution < 1.29 is 5.11 Å². The molecule has 0 spiro atoms. The van der Waals surface area contributed by atoms with Gasteiger partial charge in [-0.3, -0.25) is 0 Å². The average Bonchev–Trinajstić information content (AvgIpc) is 2.87. The van der Waals surface area contributed by atoms with Crippen LogP contribution in [0.25, 0.3) is 0 Å². The molecule has 2 nitrogen and oxygen atoms in total. The van der Waals surface area contributed by atoms with Crippen LogP contribution in [0.5, 0.6) is 0 Å². The van der Waals surface area contributed by atoms with Gasteiger partial charge in [0.05, 0.1) is 0 Å². The maximum Gasteiger partial charge on any atom is 0.0431 e. The first-order valence-electron chi connectivity index (χ1n) is 5.20. The summed E-state index contributed by atoms with van der Waals surface area (Å²) in [5.74, 6) is 0.999. The number of rotatable bonds is 7. The molecule has 0 unspecified atom stereocenters. The summed E-state index contributed by atoms with van der Waals surface area (Å²) in [6, 6.07) is 0. The summed E-state index contributed by atoms with van der Waals surface area (Å²) < 4.78 is 0. The topological polar surface area (TPSA) is 23.5 Å². The molecule has 1 aliphatic carbocycles. The highest BCUT2D eigenvalue weighted by Gasteiger charge is 2.23. The van der Waals surface area contributed by atoms with Gasteiger partial charge in [0.25, 0.3) is 0 Å². The molecule has 1 fully saturated rings. The lowest BCUT2D eigenvalue weighted by molar-refractivity contribution is 0.242. The minimum atomic E-state index is 0.348. The van der Waals surface area contributed by atoms with Crippen LogP contribution in [0.1, 0.15) is 32.6 Å². The van der Waals surface area contributed by atoms with Crippen molar-refractivity contribution in [2.24, 2.45) is 5.92 Å². The summed E-state index contributed by atoms with van der Waals surface area (Å²) in [7, 11) is 0. The first kappa shape index (κ1) is 10.0. The van der Waals surface area contributed by atoms with Gasteiger partial charge >= 0.3 is 0 Å². The van der Waals surface area contributed by atoms with Gasteiger partial charge in [0.1, 0.15) is 0 Å². The van der Waals surface area contributed by atoms with Crippen LogP contribution >= 0.6 is 0 Å². The van der Waals surface area contributed by atoms with E-state index in [9.17, 15) is 0 Å². The van der Waals surface area contributed by atoms with Crippen LogP contribution in [0.2, 0.25) is 0 Å². The highest BCUT2D eigenvalue weighted by atomic mass is 16.2. The Kier molecular flexibility index (Phi) is 4.62. The molecule has 0 amide bonds. The van der Waals surface area contributed by atoms with Gasteiger partial charge in [-0.05, 0) is 44.7 Å². The van der Waals surface area contributed by atoms with Gasteiger partial charge in [-0.1, -0.05) is 6.92 Å². The normalized spacial score (nSPS) is 17.2. The van der Waals surface area contributed by atoms with E-state index in [1.807, 2.05) is 0 Å². The summed E-state index contributed by atoms with van der Waals surface area (Å²) in [4.78, 5) is 2.51. The predicted molar refractivity (Wildman–Crippen MR) is 51.2 cm³/mol. The van der Waals surface area contributed by atoms with Crippen LogP contribution in [0.4, 0.5) is 0 Å². The minimum Gasteiger partial charge on any atom is -0.396 e. The highest BCUT2D eigenvalue weighted by molar-refractivity contribution is 4.76. The van der Waals surface area contributed by atoms with Crippen LogP contribution in [0.3, 0.4) is 0 Å². The lowest BCUT2D eigenvalue weighted by atomic mass is 10.3. The maximum atomic E-state index is 8.63. The molecular weight excluding hydrogens is 150 g/mol. The van der Waals surface area contributed by atoms with E-state index in [2.05, 4.69) is 11.8 Å². The third-order valence-electron chi connectivity index (χ3n) is 2.54. The fourth-order valence-electron chi connectivity index (χ4n) is 1.49. The van der Waals surface area contributed by atoms with Crippen LogP contribution < -0.4 is 0 Å². The molecule has 1 saturated carbocycles. The maximum absolute atomic E-state index is 8.63. The molecule has 0 saturated heterocycles. The first-order chi connectivity index (χ1) is 5.86. The molecular formula is C10H21NO. The van der Waals surface area contributed by atoms with Crippen molar-refractivity contribution in [3.63, 3.8) is 0 Å². The van der Waals surface area contributed by atoms with Crippen LogP contribution in [-0.4, -0.2) is 36.2 Å².